The minimum absolute atomic E-state index is 0.0212. The van der Waals surface area contributed by atoms with Gasteiger partial charge in [0, 0.05) is 18.8 Å². The van der Waals surface area contributed by atoms with E-state index >= 15 is 0 Å². The van der Waals surface area contributed by atoms with Crippen LogP contribution in [0.2, 0.25) is 0 Å². The number of morpholine rings is 1. The minimum atomic E-state index is -3.79. The van der Waals surface area contributed by atoms with E-state index in [1.165, 1.54) is 12.1 Å². The van der Waals surface area contributed by atoms with Crippen molar-refractivity contribution in [2.24, 2.45) is 0 Å². The molecule has 138 valence electrons. The van der Waals surface area contributed by atoms with Gasteiger partial charge < -0.3 is 9.64 Å². The summed E-state index contributed by atoms with van der Waals surface area (Å²) in [5.74, 6) is -0.480. The standard InChI is InChI=1S/C18H19FN2O4S/c19-15-3-7-17(8-4-15)26(23,24)20-16-5-1-14(2-6-16)13-18(22)21-9-11-25-12-10-21/h1-8,20H,9-13H2. The number of benzene rings is 2. The summed E-state index contributed by atoms with van der Waals surface area (Å²) in [5, 5.41) is 0. The van der Waals surface area contributed by atoms with Gasteiger partial charge in [0.15, 0.2) is 0 Å². The van der Waals surface area contributed by atoms with Crippen molar-refractivity contribution in [1.29, 1.82) is 0 Å². The number of hydrogen-bond acceptors (Lipinski definition) is 4. The molecule has 0 bridgehead atoms. The van der Waals surface area contributed by atoms with Crippen molar-refractivity contribution in [3.63, 3.8) is 0 Å². The van der Waals surface area contributed by atoms with Crippen LogP contribution in [0.4, 0.5) is 10.1 Å². The molecule has 6 nitrogen and oxygen atoms in total. The molecule has 3 rings (SSSR count). The third-order valence-electron chi connectivity index (χ3n) is 4.05. The molecule has 1 amide bonds. The lowest BCUT2D eigenvalue weighted by molar-refractivity contribution is -0.134. The monoisotopic (exact) mass is 378 g/mol. The van der Waals surface area contributed by atoms with Gasteiger partial charge >= 0.3 is 0 Å². The van der Waals surface area contributed by atoms with Crippen LogP contribution in [0.25, 0.3) is 0 Å². The van der Waals surface area contributed by atoms with Gasteiger partial charge in [-0.2, -0.15) is 0 Å². The largest absolute Gasteiger partial charge is 0.378 e. The lowest BCUT2D eigenvalue weighted by atomic mass is 10.1. The molecule has 2 aromatic rings. The second-order valence-electron chi connectivity index (χ2n) is 5.93. The van der Waals surface area contributed by atoms with Crippen LogP contribution in [0.15, 0.2) is 53.4 Å². The molecule has 0 spiro atoms. The van der Waals surface area contributed by atoms with Crippen LogP contribution in [-0.4, -0.2) is 45.5 Å². The molecular weight excluding hydrogens is 359 g/mol. The summed E-state index contributed by atoms with van der Waals surface area (Å²) in [6, 6.07) is 11.2. The van der Waals surface area contributed by atoms with E-state index < -0.39 is 15.8 Å². The Morgan fingerprint density at radius 1 is 1.04 bits per heavy atom. The number of anilines is 1. The van der Waals surface area contributed by atoms with Crippen LogP contribution in [0.1, 0.15) is 5.56 Å². The van der Waals surface area contributed by atoms with Crippen molar-refractivity contribution in [2.45, 2.75) is 11.3 Å². The van der Waals surface area contributed by atoms with Crippen molar-refractivity contribution in [1.82, 2.24) is 4.90 Å². The number of halogens is 1. The second-order valence-corrected chi connectivity index (χ2v) is 7.61. The van der Waals surface area contributed by atoms with Gasteiger partial charge in [0.25, 0.3) is 10.0 Å². The topological polar surface area (TPSA) is 75.7 Å². The number of nitrogens with zero attached hydrogens (tertiary/aromatic N) is 1. The highest BCUT2D eigenvalue weighted by molar-refractivity contribution is 7.92. The van der Waals surface area contributed by atoms with Crippen LogP contribution in [0.5, 0.6) is 0 Å². The maximum Gasteiger partial charge on any atom is 0.261 e. The predicted octanol–water partition coefficient (Wildman–Crippen LogP) is 2.03. The van der Waals surface area contributed by atoms with Crippen LogP contribution >= 0.6 is 0 Å². The fraction of sp³-hybridized carbons (Fsp3) is 0.278. The maximum absolute atomic E-state index is 12.9. The molecule has 26 heavy (non-hydrogen) atoms. The van der Waals surface area contributed by atoms with Crippen LogP contribution in [-0.2, 0) is 26.0 Å². The third-order valence-corrected chi connectivity index (χ3v) is 5.45. The molecule has 0 saturated carbocycles. The highest BCUT2D eigenvalue weighted by Crippen LogP contribution is 2.17. The first-order chi connectivity index (χ1) is 12.4. The third kappa shape index (κ3) is 4.59. The van der Waals surface area contributed by atoms with Gasteiger partial charge in [0.05, 0.1) is 24.5 Å². The fourth-order valence-electron chi connectivity index (χ4n) is 2.62. The van der Waals surface area contributed by atoms with Gasteiger partial charge in [-0.3, -0.25) is 9.52 Å². The van der Waals surface area contributed by atoms with E-state index in [2.05, 4.69) is 4.72 Å². The lowest BCUT2D eigenvalue weighted by Crippen LogP contribution is -2.41. The molecule has 0 aliphatic carbocycles. The Balaban J connectivity index is 1.63. The quantitative estimate of drug-likeness (QED) is 0.864. The summed E-state index contributed by atoms with van der Waals surface area (Å²) in [6.07, 6.45) is 0.255. The molecule has 1 aliphatic heterocycles. The number of hydrogen-bond donors (Lipinski definition) is 1. The van der Waals surface area contributed by atoms with Crippen LogP contribution in [0, 0.1) is 5.82 Å². The molecular formula is C18H19FN2O4S. The van der Waals surface area contributed by atoms with E-state index in [0.29, 0.717) is 32.0 Å². The van der Waals surface area contributed by atoms with Crippen molar-refractivity contribution in [2.75, 3.05) is 31.0 Å². The number of rotatable bonds is 5. The SMILES string of the molecule is O=C(Cc1ccc(NS(=O)(=O)c2ccc(F)cc2)cc1)N1CCOCC1. The first kappa shape index (κ1) is 18.3. The summed E-state index contributed by atoms with van der Waals surface area (Å²) in [5.41, 5.74) is 1.17. The molecule has 1 heterocycles. The summed E-state index contributed by atoms with van der Waals surface area (Å²) in [7, 11) is -3.79. The molecule has 2 aromatic carbocycles. The number of carbonyl (C=O) groups excluding carboxylic acids is 1. The van der Waals surface area contributed by atoms with Gasteiger partial charge in [0.2, 0.25) is 5.91 Å². The maximum atomic E-state index is 12.9. The van der Waals surface area contributed by atoms with Gasteiger partial charge in [-0.25, -0.2) is 12.8 Å². The summed E-state index contributed by atoms with van der Waals surface area (Å²) >= 11 is 0. The Bertz CT molecular complexity index is 861. The van der Waals surface area contributed by atoms with Crippen molar-refractivity contribution < 1.29 is 22.3 Å². The second kappa shape index (κ2) is 7.84. The molecule has 1 N–H and O–H groups in total. The van der Waals surface area contributed by atoms with Crippen molar-refractivity contribution >= 4 is 21.6 Å². The average molecular weight is 378 g/mol. The number of ether oxygens (including phenoxy) is 1. The van der Waals surface area contributed by atoms with E-state index in [-0.39, 0.29) is 17.2 Å². The Kier molecular flexibility index (Phi) is 5.53. The van der Waals surface area contributed by atoms with E-state index in [1.807, 2.05) is 0 Å². The smallest absolute Gasteiger partial charge is 0.261 e. The summed E-state index contributed by atoms with van der Waals surface area (Å²) < 4.78 is 45.1. The first-order valence-corrected chi connectivity index (χ1v) is 9.65. The zero-order chi connectivity index (χ0) is 18.6. The van der Waals surface area contributed by atoms with E-state index in [9.17, 15) is 17.6 Å². The predicted molar refractivity (Wildman–Crippen MR) is 94.8 cm³/mol. The van der Waals surface area contributed by atoms with Crippen LogP contribution in [0.3, 0.4) is 0 Å². The van der Waals surface area contributed by atoms with Gasteiger partial charge in [-0.15, -0.1) is 0 Å². The zero-order valence-electron chi connectivity index (χ0n) is 14.0. The zero-order valence-corrected chi connectivity index (χ0v) is 14.8. The molecule has 0 atom stereocenters. The Morgan fingerprint density at radius 2 is 1.65 bits per heavy atom. The lowest BCUT2D eigenvalue weighted by Gasteiger charge is -2.26. The normalized spacial score (nSPS) is 14.9. The van der Waals surface area contributed by atoms with Gasteiger partial charge in [-0.1, -0.05) is 12.1 Å². The molecule has 1 fully saturated rings. The molecule has 1 aliphatic rings. The number of amides is 1. The highest BCUT2D eigenvalue weighted by atomic mass is 32.2. The van der Waals surface area contributed by atoms with E-state index in [1.54, 1.807) is 29.2 Å². The Labute approximate surface area is 151 Å². The highest BCUT2D eigenvalue weighted by Gasteiger charge is 2.17. The number of sulfonamides is 1. The van der Waals surface area contributed by atoms with E-state index in [0.717, 1.165) is 17.7 Å². The number of carbonyl (C=O) groups is 1. The molecule has 0 aromatic heterocycles. The van der Waals surface area contributed by atoms with Crippen molar-refractivity contribution in [3.8, 4) is 0 Å². The molecule has 0 radical (unpaired) electrons. The van der Waals surface area contributed by atoms with Crippen molar-refractivity contribution in [3.05, 3.63) is 59.9 Å². The van der Waals surface area contributed by atoms with Crippen LogP contribution < -0.4 is 4.72 Å². The van der Waals surface area contributed by atoms with Gasteiger partial charge in [0.1, 0.15) is 5.82 Å². The summed E-state index contributed by atoms with van der Waals surface area (Å²) in [6.45, 7) is 2.29. The van der Waals surface area contributed by atoms with Gasteiger partial charge in [-0.05, 0) is 42.0 Å². The molecule has 1 saturated heterocycles. The van der Waals surface area contributed by atoms with E-state index in [4.69, 9.17) is 4.74 Å². The average Bonchev–Trinajstić information content (AvgIpc) is 2.64. The molecule has 0 unspecified atom stereocenters. The molecule has 8 heteroatoms. The minimum Gasteiger partial charge on any atom is -0.378 e. The Hall–Kier alpha value is -2.45. The fourth-order valence-corrected chi connectivity index (χ4v) is 3.68. The first-order valence-electron chi connectivity index (χ1n) is 8.17. The Morgan fingerprint density at radius 3 is 2.27 bits per heavy atom. The number of nitrogens with one attached hydrogen (secondary N) is 1. The summed E-state index contributed by atoms with van der Waals surface area (Å²) in [4.78, 5) is 14.0.